The van der Waals surface area contributed by atoms with E-state index in [2.05, 4.69) is 17.6 Å². The summed E-state index contributed by atoms with van der Waals surface area (Å²) in [4.78, 5) is 12.1. The number of amides is 1. The van der Waals surface area contributed by atoms with Crippen LogP contribution in [0.15, 0.2) is 0 Å². The predicted octanol–water partition coefficient (Wildman–Crippen LogP) is 1.59. The molecule has 3 heterocycles. The van der Waals surface area contributed by atoms with Crippen molar-refractivity contribution in [2.45, 2.75) is 69.6 Å². The molecule has 19 heavy (non-hydrogen) atoms. The van der Waals surface area contributed by atoms with Crippen molar-refractivity contribution < 1.29 is 9.53 Å². The van der Waals surface area contributed by atoms with Gasteiger partial charge in [-0.1, -0.05) is 0 Å². The van der Waals surface area contributed by atoms with Crippen LogP contribution in [0.2, 0.25) is 0 Å². The number of hydrogen-bond acceptors (Lipinski definition) is 3. The quantitative estimate of drug-likeness (QED) is 0.812. The zero-order chi connectivity index (χ0) is 13.3. The first-order chi connectivity index (χ1) is 9.13. The molecule has 3 saturated heterocycles. The Morgan fingerprint density at radius 2 is 2.11 bits per heavy atom. The maximum absolute atomic E-state index is 12.1. The van der Waals surface area contributed by atoms with E-state index in [1.54, 1.807) is 0 Å². The molecule has 0 radical (unpaired) electrons. The van der Waals surface area contributed by atoms with Crippen LogP contribution in [0, 0.1) is 5.92 Å². The largest absolute Gasteiger partial charge is 0.373 e. The second-order valence-electron chi connectivity index (χ2n) is 6.86. The summed E-state index contributed by atoms with van der Waals surface area (Å²) in [6.45, 7) is 3.61. The lowest BCUT2D eigenvalue weighted by Crippen LogP contribution is -2.42. The number of rotatable bonds is 4. The van der Waals surface area contributed by atoms with Gasteiger partial charge in [0.15, 0.2) is 0 Å². The maximum atomic E-state index is 12.1. The van der Waals surface area contributed by atoms with Gasteiger partial charge in [-0.15, -0.1) is 0 Å². The highest BCUT2D eigenvalue weighted by molar-refractivity contribution is 5.76. The van der Waals surface area contributed by atoms with E-state index in [9.17, 15) is 4.79 Å². The van der Waals surface area contributed by atoms with Crippen molar-refractivity contribution in [3.8, 4) is 0 Å². The lowest BCUT2D eigenvalue weighted by Gasteiger charge is -2.29. The number of piperidine rings is 1. The fourth-order valence-electron chi connectivity index (χ4n) is 3.94. The van der Waals surface area contributed by atoms with Gasteiger partial charge < -0.3 is 15.4 Å². The van der Waals surface area contributed by atoms with E-state index in [1.807, 2.05) is 0 Å². The van der Waals surface area contributed by atoms with Gasteiger partial charge in [-0.25, -0.2) is 0 Å². The lowest BCUT2D eigenvalue weighted by atomic mass is 9.89. The minimum absolute atomic E-state index is 0.122. The Morgan fingerprint density at radius 1 is 1.37 bits per heavy atom. The van der Waals surface area contributed by atoms with Crippen LogP contribution in [0.1, 0.15) is 51.9 Å². The number of hydrogen-bond donors (Lipinski definition) is 2. The van der Waals surface area contributed by atoms with E-state index in [4.69, 9.17) is 4.74 Å². The predicted molar refractivity (Wildman–Crippen MR) is 73.9 cm³/mol. The van der Waals surface area contributed by atoms with Crippen LogP contribution in [0.5, 0.6) is 0 Å². The van der Waals surface area contributed by atoms with Crippen LogP contribution in [0.4, 0.5) is 0 Å². The summed E-state index contributed by atoms with van der Waals surface area (Å²) < 4.78 is 5.70. The standard InChI is InChI=1S/C15H26N2O2/c1-15(5-2-6-19-15)10-16-14(18)9-11-7-12-3-4-13(8-11)17-12/h11-13,17H,2-10H2,1H3,(H,16,18). The molecule has 0 aromatic carbocycles. The minimum atomic E-state index is -0.122. The minimum Gasteiger partial charge on any atom is -0.373 e. The van der Waals surface area contributed by atoms with Gasteiger partial charge in [-0.3, -0.25) is 4.79 Å². The molecule has 0 aromatic heterocycles. The molecule has 3 aliphatic heterocycles. The Kier molecular flexibility index (Phi) is 3.81. The smallest absolute Gasteiger partial charge is 0.220 e. The van der Waals surface area contributed by atoms with Crippen molar-refractivity contribution in [1.82, 2.24) is 10.6 Å². The van der Waals surface area contributed by atoms with Crippen molar-refractivity contribution in [1.29, 1.82) is 0 Å². The topological polar surface area (TPSA) is 50.4 Å². The van der Waals surface area contributed by atoms with Gasteiger partial charge in [0, 0.05) is 31.7 Å². The third-order valence-corrected chi connectivity index (χ3v) is 5.00. The molecule has 3 atom stereocenters. The Hall–Kier alpha value is -0.610. The fraction of sp³-hybridized carbons (Fsp3) is 0.933. The van der Waals surface area contributed by atoms with Crippen LogP contribution in [0.3, 0.4) is 0 Å². The van der Waals surface area contributed by atoms with Crippen molar-refractivity contribution in [2.75, 3.05) is 13.2 Å². The van der Waals surface area contributed by atoms with Crippen molar-refractivity contribution in [3.63, 3.8) is 0 Å². The van der Waals surface area contributed by atoms with E-state index in [1.165, 1.54) is 25.7 Å². The van der Waals surface area contributed by atoms with E-state index in [0.717, 1.165) is 19.4 Å². The Morgan fingerprint density at radius 3 is 2.74 bits per heavy atom. The monoisotopic (exact) mass is 266 g/mol. The van der Waals surface area contributed by atoms with Crippen molar-refractivity contribution in [2.24, 2.45) is 5.92 Å². The molecule has 108 valence electrons. The second kappa shape index (κ2) is 5.41. The van der Waals surface area contributed by atoms with Gasteiger partial charge >= 0.3 is 0 Å². The molecule has 4 heteroatoms. The van der Waals surface area contributed by atoms with Crippen molar-refractivity contribution >= 4 is 5.91 Å². The van der Waals surface area contributed by atoms with Gasteiger partial charge in [0.1, 0.15) is 0 Å². The fourth-order valence-corrected chi connectivity index (χ4v) is 3.94. The van der Waals surface area contributed by atoms with E-state index < -0.39 is 0 Å². The number of fused-ring (bicyclic) bond motifs is 2. The van der Waals surface area contributed by atoms with E-state index >= 15 is 0 Å². The van der Waals surface area contributed by atoms with Crippen LogP contribution in [-0.2, 0) is 9.53 Å². The van der Waals surface area contributed by atoms with Gasteiger partial charge in [-0.05, 0) is 51.4 Å². The molecule has 0 spiro atoms. The Balaban J connectivity index is 1.41. The highest BCUT2D eigenvalue weighted by Crippen LogP contribution is 2.32. The molecule has 3 fully saturated rings. The van der Waals surface area contributed by atoms with E-state index in [0.29, 0.717) is 31.0 Å². The van der Waals surface area contributed by atoms with Crippen LogP contribution >= 0.6 is 0 Å². The Labute approximate surface area is 115 Å². The summed E-state index contributed by atoms with van der Waals surface area (Å²) in [5.74, 6) is 0.791. The first-order valence-electron chi connectivity index (χ1n) is 7.80. The molecule has 3 unspecified atom stereocenters. The summed E-state index contributed by atoms with van der Waals surface area (Å²) in [7, 11) is 0. The molecular formula is C15H26N2O2. The third-order valence-electron chi connectivity index (χ3n) is 5.00. The molecule has 0 saturated carbocycles. The molecule has 2 bridgehead atoms. The highest BCUT2D eigenvalue weighted by atomic mass is 16.5. The zero-order valence-electron chi connectivity index (χ0n) is 11.9. The van der Waals surface area contributed by atoms with Crippen LogP contribution in [0.25, 0.3) is 0 Å². The molecule has 3 aliphatic rings. The van der Waals surface area contributed by atoms with E-state index in [-0.39, 0.29) is 11.5 Å². The first-order valence-corrected chi connectivity index (χ1v) is 7.80. The summed E-state index contributed by atoms with van der Waals surface area (Å²) in [5, 5.41) is 6.70. The maximum Gasteiger partial charge on any atom is 0.220 e. The number of carbonyl (C=O) groups is 1. The molecule has 0 aliphatic carbocycles. The van der Waals surface area contributed by atoms with Gasteiger partial charge in [0.05, 0.1) is 5.60 Å². The average molecular weight is 266 g/mol. The number of carbonyl (C=O) groups excluding carboxylic acids is 1. The summed E-state index contributed by atoms with van der Waals surface area (Å²) in [6, 6.07) is 1.35. The summed E-state index contributed by atoms with van der Waals surface area (Å²) >= 11 is 0. The number of ether oxygens (including phenoxy) is 1. The Bertz CT molecular complexity index is 327. The van der Waals surface area contributed by atoms with Gasteiger partial charge in [0.25, 0.3) is 0 Å². The lowest BCUT2D eigenvalue weighted by molar-refractivity contribution is -0.123. The van der Waals surface area contributed by atoms with Crippen molar-refractivity contribution in [3.05, 3.63) is 0 Å². The molecule has 2 N–H and O–H groups in total. The normalized spacial score (nSPS) is 41.4. The molecule has 1 amide bonds. The van der Waals surface area contributed by atoms with Gasteiger partial charge in [0.2, 0.25) is 5.91 Å². The summed E-state index contributed by atoms with van der Waals surface area (Å²) in [6.07, 6.45) is 7.83. The number of nitrogens with one attached hydrogen (secondary N) is 2. The first kappa shape index (κ1) is 13.4. The van der Waals surface area contributed by atoms with Gasteiger partial charge in [-0.2, -0.15) is 0 Å². The highest BCUT2D eigenvalue weighted by Gasteiger charge is 2.35. The average Bonchev–Trinajstić information content (AvgIpc) is 2.95. The molecular weight excluding hydrogens is 240 g/mol. The zero-order valence-corrected chi connectivity index (χ0v) is 11.9. The summed E-state index contributed by atoms with van der Waals surface area (Å²) in [5.41, 5.74) is -0.122. The third kappa shape index (κ3) is 3.29. The molecule has 4 nitrogen and oxygen atoms in total. The second-order valence-corrected chi connectivity index (χ2v) is 6.86. The molecule has 0 aromatic rings. The SMILES string of the molecule is CC1(CNC(=O)CC2CC3CCC(C2)N3)CCCO1. The van der Waals surface area contributed by atoms with Crippen LogP contribution in [-0.4, -0.2) is 36.7 Å². The van der Waals surface area contributed by atoms with Crippen LogP contribution < -0.4 is 10.6 Å². The molecule has 3 rings (SSSR count).